The van der Waals surface area contributed by atoms with Crippen molar-refractivity contribution < 1.29 is 30.0 Å². The topological polar surface area (TPSA) is 107 Å². The molecule has 1 heterocycles. The smallest absolute Gasteiger partial charge is 0.174 e. The second-order valence-electron chi connectivity index (χ2n) is 8.19. The van der Waals surface area contributed by atoms with Gasteiger partial charge in [-0.05, 0) is 52.2 Å². The first-order valence-electron chi connectivity index (χ1n) is 10.2. The van der Waals surface area contributed by atoms with Gasteiger partial charge in [-0.25, -0.2) is 0 Å². The highest BCUT2D eigenvalue weighted by Crippen LogP contribution is 2.46. The minimum Gasteiger partial charge on any atom is -0.508 e. The highest BCUT2D eigenvalue weighted by molar-refractivity contribution is 6.03. The van der Waals surface area contributed by atoms with Crippen molar-refractivity contribution in [2.75, 3.05) is 0 Å². The van der Waals surface area contributed by atoms with E-state index in [9.17, 15) is 25.2 Å². The normalized spacial score (nSPS) is 15.9. The predicted molar refractivity (Wildman–Crippen MR) is 118 cm³/mol. The van der Waals surface area contributed by atoms with Crippen LogP contribution >= 0.6 is 0 Å². The second-order valence-corrected chi connectivity index (χ2v) is 8.19. The standard InChI is InChI=1S/C25H28O6/c1-14(2)5-4-6-15(3)7-8-19-20(28)12-21(29)24-22(30)13-23(31-25(19)24)16-9-17(26)11-18(27)10-16/h5,7,9-12,23,26-29H,4,6,8,13H2,1-3H3. The number of benzene rings is 2. The molecule has 0 bridgehead atoms. The summed E-state index contributed by atoms with van der Waals surface area (Å²) in [5.74, 6) is -0.983. The van der Waals surface area contributed by atoms with Crippen LogP contribution in [0.15, 0.2) is 47.6 Å². The highest BCUT2D eigenvalue weighted by atomic mass is 16.5. The Morgan fingerprint density at radius 3 is 2.32 bits per heavy atom. The fourth-order valence-corrected chi connectivity index (χ4v) is 3.68. The minimum absolute atomic E-state index is 0.0454. The van der Waals surface area contributed by atoms with Gasteiger partial charge in [0.25, 0.3) is 0 Å². The lowest BCUT2D eigenvalue weighted by Gasteiger charge is -2.28. The Morgan fingerprint density at radius 2 is 1.68 bits per heavy atom. The van der Waals surface area contributed by atoms with Crippen molar-refractivity contribution in [3.05, 3.63) is 64.3 Å². The van der Waals surface area contributed by atoms with Gasteiger partial charge in [-0.2, -0.15) is 0 Å². The number of hydrogen-bond donors (Lipinski definition) is 4. The Labute approximate surface area is 181 Å². The van der Waals surface area contributed by atoms with Crippen LogP contribution in [0.1, 0.15) is 67.6 Å². The van der Waals surface area contributed by atoms with Gasteiger partial charge in [-0.1, -0.05) is 23.3 Å². The molecule has 0 spiro atoms. The molecule has 0 saturated carbocycles. The van der Waals surface area contributed by atoms with Gasteiger partial charge in [-0.3, -0.25) is 4.79 Å². The van der Waals surface area contributed by atoms with E-state index < -0.39 is 6.10 Å². The van der Waals surface area contributed by atoms with Crippen molar-refractivity contribution in [3.8, 4) is 28.7 Å². The van der Waals surface area contributed by atoms with E-state index >= 15 is 0 Å². The molecule has 31 heavy (non-hydrogen) atoms. The molecule has 164 valence electrons. The number of fused-ring (bicyclic) bond motifs is 1. The van der Waals surface area contributed by atoms with Crippen molar-refractivity contribution in [3.63, 3.8) is 0 Å². The van der Waals surface area contributed by atoms with Crippen molar-refractivity contribution in [2.24, 2.45) is 0 Å². The van der Waals surface area contributed by atoms with Crippen molar-refractivity contribution >= 4 is 5.78 Å². The molecule has 3 rings (SSSR count). The molecule has 0 fully saturated rings. The quantitative estimate of drug-likeness (QED) is 0.459. The highest BCUT2D eigenvalue weighted by Gasteiger charge is 2.33. The maximum atomic E-state index is 12.8. The molecule has 2 aromatic carbocycles. The summed E-state index contributed by atoms with van der Waals surface area (Å²) in [6.07, 6.45) is 5.43. The van der Waals surface area contributed by atoms with Gasteiger partial charge in [0.15, 0.2) is 5.78 Å². The van der Waals surface area contributed by atoms with Crippen LogP contribution in [0.4, 0.5) is 0 Å². The Kier molecular flexibility index (Phi) is 6.59. The maximum absolute atomic E-state index is 12.8. The lowest BCUT2D eigenvalue weighted by Crippen LogP contribution is -2.21. The fraction of sp³-hybridized carbons (Fsp3) is 0.320. The van der Waals surface area contributed by atoms with Gasteiger partial charge in [0.1, 0.15) is 40.4 Å². The first-order valence-corrected chi connectivity index (χ1v) is 10.2. The molecule has 6 nitrogen and oxygen atoms in total. The number of rotatable bonds is 6. The summed E-state index contributed by atoms with van der Waals surface area (Å²) < 4.78 is 6.03. The number of aromatic hydroxyl groups is 4. The summed E-state index contributed by atoms with van der Waals surface area (Å²) in [6, 6.07) is 5.19. The monoisotopic (exact) mass is 424 g/mol. The molecular weight excluding hydrogens is 396 g/mol. The van der Waals surface area contributed by atoms with Gasteiger partial charge in [0.2, 0.25) is 0 Å². The molecule has 0 saturated heterocycles. The minimum atomic E-state index is -0.763. The molecule has 1 atom stereocenters. The van der Waals surface area contributed by atoms with E-state index in [-0.39, 0.29) is 46.5 Å². The third-order valence-corrected chi connectivity index (χ3v) is 5.29. The number of phenols is 4. The summed E-state index contributed by atoms with van der Waals surface area (Å²) in [6.45, 7) is 6.11. The van der Waals surface area contributed by atoms with Gasteiger partial charge < -0.3 is 25.2 Å². The molecule has 1 aliphatic heterocycles. The van der Waals surface area contributed by atoms with E-state index in [1.54, 1.807) is 0 Å². The molecular formula is C25H28O6. The van der Waals surface area contributed by atoms with E-state index in [1.165, 1.54) is 29.8 Å². The maximum Gasteiger partial charge on any atom is 0.174 e. The number of ether oxygens (including phenoxy) is 1. The van der Waals surface area contributed by atoms with Crippen LogP contribution in [0.2, 0.25) is 0 Å². The lowest BCUT2D eigenvalue weighted by molar-refractivity contribution is 0.0841. The lowest BCUT2D eigenvalue weighted by atomic mass is 9.92. The van der Waals surface area contributed by atoms with Crippen LogP contribution < -0.4 is 4.74 Å². The van der Waals surface area contributed by atoms with Gasteiger partial charge in [0, 0.05) is 23.3 Å². The molecule has 1 unspecified atom stereocenters. The number of carbonyl (C=O) groups excluding carboxylic acids is 1. The number of hydrogen-bond acceptors (Lipinski definition) is 6. The van der Waals surface area contributed by atoms with Crippen LogP contribution in [-0.2, 0) is 6.42 Å². The van der Waals surface area contributed by atoms with Crippen LogP contribution in [-0.4, -0.2) is 26.2 Å². The van der Waals surface area contributed by atoms with E-state index in [0.717, 1.165) is 18.4 Å². The zero-order valence-electron chi connectivity index (χ0n) is 18.0. The molecule has 4 N–H and O–H groups in total. The molecule has 0 aromatic heterocycles. The van der Waals surface area contributed by atoms with Crippen molar-refractivity contribution in [1.29, 1.82) is 0 Å². The molecule has 2 aromatic rings. The third kappa shape index (κ3) is 5.20. The molecule has 0 aliphatic carbocycles. The number of phenolic OH excluding ortho intramolecular Hbond substituents is 4. The largest absolute Gasteiger partial charge is 0.508 e. The Morgan fingerprint density at radius 1 is 1.00 bits per heavy atom. The predicted octanol–water partition coefficient (Wildman–Crippen LogP) is 5.45. The first-order chi connectivity index (χ1) is 14.7. The van der Waals surface area contributed by atoms with Crippen LogP contribution in [0, 0.1) is 0 Å². The summed E-state index contributed by atoms with van der Waals surface area (Å²) in [5.41, 5.74) is 3.28. The Bertz CT molecular complexity index is 1040. The Balaban J connectivity index is 1.94. The Hall–Kier alpha value is -3.41. The molecule has 0 radical (unpaired) electrons. The average Bonchev–Trinajstić information content (AvgIpc) is 2.66. The van der Waals surface area contributed by atoms with Crippen LogP contribution in [0.3, 0.4) is 0 Å². The van der Waals surface area contributed by atoms with Crippen molar-refractivity contribution in [2.45, 2.75) is 52.6 Å². The molecule has 1 aliphatic rings. The zero-order chi connectivity index (χ0) is 22.7. The first kappa shape index (κ1) is 22.3. The number of ketones is 1. The van der Waals surface area contributed by atoms with E-state index in [0.29, 0.717) is 17.5 Å². The molecule has 6 heteroatoms. The summed E-state index contributed by atoms with van der Waals surface area (Å²) >= 11 is 0. The second kappa shape index (κ2) is 9.16. The summed E-state index contributed by atoms with van der Waals surface area (Å²) in [7, 11) is 0. The number of carbonyl (C=O) groups is 1. The SMILES string of the molecule is CC(C)=CCCC(C)=CCc1c(O)cc(O)c2c1OC(c1cc(O)cc(O)c1)CC2=O. The van der Waals surface area contributed by atoms with E-state index in [2.05, 4.69) is 19.9 Å². The van der Waals surface area contributed by atoms with Crippen LogP contribution in [0.5, 0.6) is 28.7 Å². The summed E-state index contributed by atoms with van der Waals surface area (Å²) in [4.78, 5) is 12.8. The van der Waals surface area contributed by atoms with E-state index in [1.807, 2.05) is 13.0 Å². The van der Waals surface area contributed by atoms with Crippen molar-refractivity contribution in [1.82, 2.24) is 0 Å². The fourth-order valence-electron chi connectivity index (χ4n) is 3.68. The van der Waals surface area contributed by atoms with Gasteiger partial charge in [-0.15, -0.1) is 0 Å². The van der Waals surface area contributed by atoms with E-state index in [4.69, 9.17) is 4.74 Å². The number of Topliss-reactive ketones (excluding diaryl/α,β-unsaturated/α-hetero) is 1. The zero-order valence-corrected chi connectivity index (χ0v) is 18.0. The van der Waals surface area contributed by atoms with Crippen LogP contribution in [0.25, 0.3) is 0 Å². The third-order valence-electron chi connectivity index (χ3n) is 5.29. The summed E-state index contributed by atoms with van der Waals surface area (Å²) in [5, 5.41) is 40.3. The van der Waals surface area contributed by atoms with Gasteiger partial charge in [0.05, 0.1) is 6.42 Å². The van der Waals surface area contributed by atoms with Gasteiger partial charge >= 0.3 is 0 Å². The number of allylic oxidation sites excluding steroid dienone is 4. The average molecular weight is 424 g/mol. The molecule has 0 amide bonds.